The number of piperidine rings is 1. The number of hydrogen-bond donors (Lipinski definition) is 1. The molecule has 112 valence electrons. The van der Waals surface area contributed by atoms with Crippen molar-refractivity contribution in [3.8, 4) is 5.75 Å². The van der Waals surface area contributed by atoms with E-state index in [0.29, 0.717) is 6.54 Å². The Morgan fingerprint density at radius 1 is 1.35 bits per heavy atom. The summed E-state index contributed by atoms with van der Waals surface area (Å²) in [4.78, 5) is 14.0. The predicted molar refractivity (Wildman–Crippen MR) is 90.3 cm³/mol. The molecule has 0 radical (unpaired) electrons. The van der Waals surface area contributed by atoms with Gasteiger partial charge >= 0.3 is 0 Å². The fraction of sp³-hybridized carbons (Fsp3) is 0.500. The molecule has 2 N–H and O–H groups in total. The van der Waals surface area contributed by atoms with Crippen LogP contribution < -0.4 is 10.5 Å². The number of halogens is 2. The van der Waals surface area contributed by atoms with Gasteiger partial charge in [0, 0.05) is 22.7 Å². The summed E-state index contributed by atoms with van der Waals surface area (Å²) in [7, 11) is 0. The molecule has 20 heavy (non-hydrogen) atoms. The van der Waals surface area contributed by atoms with Crippen molar-refractivity contribution in [1.82, 2.24) is 4.90 Å². The Kier molecular flexibility index (Phi) is 7.61. The largest absolute Gasteiger partial charge is 0.484 e. The summed E-state index contributed by atoms with van der Waals surface area (Å²) in [6, 6.07) is 7.87. The molecule has 1 atom stereocenters. The van der Waals surface area contributed by atoms with Crippen molar-refractivity contribution < 1.29 is 9.53 Å². The third-order valence-corrected chi connectivity index (χ3v) is 4.11. The van der Waals surface area contributed by atoms with Gasteiger partial charge in [-0.25, -0.2) is 0 Å². The molecule has 0 aliphatic carbocycles. The Hall–Kier alpha value is -0.530. The summed E-state index contributed by atoms with van der Waals surface area (Å²) in [5, 5.41) is 0. The van der Waals surface area contributed by atoms with Gasteiger partial charge < -0.3 is 15.4 Å². The van der Waals surface area contributed by atoms with Gasteiger partial charge in [0.1, 0.15) is 5.75 Å². The molecule has 1 aliphatic heterocycles. The van der Waals surface area contributed by atoms with E-state index >= 15 is 0 Å². The molecule has 1 amide bonds. The molecule has 1 unspecified atom stereocenters. The lowest BCUT2D eigenvalue weighted by atomic mass is 10.0. The summed E-state index contributed by atoms with van der Waals surface area (Å²) in [5.74, 6) is 0.767. The van der Waals surface area contributed by atoms with Gasteiger partial charge in [-0.3, -0.25) is 4.79 Å². The molecule has 1 heterocycles. The van der Waals surface area contributed by atoms with Gasteiger partial charge in [-0.15, -0.1) is 12.4 Å². The second kappa shape index (κ2) is 8.69. The molecular weight excluding hydrogens is 391 g/mol. The van der Waals surface area contributed by atoms with Crippen LogP contribution in [0.5, 0.6) is 5.75 Å². The maximum atomic E-state index is 12.2. The van der Waals surface area contributed by atoms with Crippen LogP contribution in [0.4, 0.5) is 0 Å². The van der Waals surface area contributed by atoms with E-state index in [1.165, 1.54) is 0 Å². The molecule has 4 nitrogen and oxygen atoms in total. The average Bonchev–Trinajstić information content (AvgIpc) is 2.46. The number of nitrogens with zero attached hydrogens (tertiary/aromatic N) is 1. The zero-order valence-electron chi connectivity index (χ0n) is 11.3. The Bertz CT molecular complexity index is 428. The molecule has 2 rings (SSSR count). The zero-order valence-corrected chi connectivity index (χ0v) is 14.2. The highest BCUT2D eigenvalue weighted by molar-refractivity contribution is 14.1. The van der Waals surface area contributed by atoms with Crippen LogP contribution in [0.3, 0.4) is 0 Å². The Morgan fingerprint density at radius 3 is 2.70 bits per heavy atom. The van der Waals surface area contributed by atoms with Gasteiger partial charge in [-0.05, 0) is 66.1 Å². The normalized spacial score (nSPS) is 18.3. The van der Waals surface area contributed by atoms with Crippen LogP contribution in [0.25, 0.3) is 0 Å². The van der Waals surface area contributed by atoms with E-state index in [-0.39, 0.29) is 31.0 Å². The Morgan fingerprint density at radius 2 is 2.05 bits per heavy atom. The van der Waals surface area contributed by atoms with E-state index in [1.54, 1.807) is 0 Å². The smallest absolute Gasteiger partial charge is 0.260 e. The molecule has 0 aromatic heterocycles. The van der Waals surface area contributed by atoms with Gasteiger partial charge in [0.05, 0.1) is 0 Å². The molecule has 6 heteroatoms. The number of ether oxygens (including phenoxy) is 1. The third-order valence-electron chi connectivity index (χ3n) is 3.40. The van der Waals surface area contributed by atoms with Crippen LogP contribution in [0, 0.1) is 3.57 Å². The Labute approximate surface area is 139 Å². The lowest BCUT2D eigenvalue weighted by Gasteiger charge is -2.34. The minimum Gasteiger partial charge on any atom is -0.484 e. The minimum absolute atomic E-state index is 0. The molecule has 1 aromatic rings. The van der Waals surface area contributed by atoms with Gasteiger partial charge in [0.25, 0.3) is 5.91 Å². The van der Waals surface area contributed by atoms with Crippen molar-refractivity contribution in [1.29, 1.82) is 0 Å². The van der Waals surface area contributed by atoms with Crippen molar-refractivity contribution >= 4 is 40.9 Å². The number of benzene rings is 1. The van der Waals surface area contributed by atoms with E-state index in [1.807, 2.05) is 29.2 Å². The Balaban J connectivity index is 0.00000200. The van der Waals surface area contributed by atoms with Crippen LogP contribution in [0.2, 0.25) is 0 Å². The molecule has 0 spiro atoms. The van der Waals surface area contributed by atoms with Crippen molar-refractivity contribution in [2.75, 3.05) is 19.7 Å². The summed E-state index contributed by atoms with van der Waals surface area (Å²) < 4.78 is 6.68. The van der Waals surface area contributed by atoms with Crippen molar-refractivity contribution in [3.05, 3.63) is 27.8 Å². The fourth-order valence-corrected chi connectivity index (χ4v) is 2.69. The maximum absolute atomic E-state index is 12.2. The topological polar surface area (TPSA) is 55.6 Å². The summed E-state index contributed by atoms with van der Waals surface area (Å²) in [5.41, 5.74) is 5.72. The number of hydrogen-bond acceptors (Lipinski definition) is 3. The lowest BCUT2D eigenvalue weighted by molar-refractivity contribution is -0.136. The van der Waals surface area contributed by atoms with Gasteiger partial charge in [0.15, 0.2) is 6.61 Å². The molecular formula is C14H20ClIN2O2. The highest BCUT2D eigenvalue weighted by Gasteiger charge is 2.25. The van der Waals surface area contributed by atoms with E-state index in [9.17, 15) is 4.79 Å². The predicted octanol–water partition coefficient (Wildman–Crippen LogP) is 2.43. The quantitative estimate of drug-likeness (QED) is 0.776. The minimum atomic E-state index is 0. The first-order valence-electron chi connectivity index (χ1n) is 6.58. The lowest BCUT2D eigenvalue weighted by Crippen LogP contribution is -2.49. The molecule has 1 aliphatic rings. The van der Waals surface area contributed by atoms with Crippen LogP contribution in [-0.2, 0) is 4.79 Å². The van der Waals surface area contributed by atoms with Crippen molar-refractivity contribution in [3.63, 3.8) is 0 Å². The van der Waals surface area contributed by atoms with E-state index < -0.39 is 0 Å². The van der Waals surface area contributed by atoms with Crippen LogP contribution in [0.1, 0.15) is 19.3 Å². The number of amides is 1. The van der Waals surface area contributed by atoms with Gasteiger partial charge in [-0.1, -0.05) is 0 Å². The SMILES string of the molecule is Cl.NCC1CCCCN1C(=O)COc1ccc(I)cc1. The third kappa shape index (κ3) is 4.79. The highest BCUT2D eigenvalue weighted by Crippen LogP contribution is 2.17. The van der Waals surface area contributed by atoms with Gasteiger partial charge in [-0.2, -0.15) is 0 Å². The zero-order chi connectivity index (χ0) is 13.7. The molecule has 0 bridgehead atoms. The first kappa shape index (κ1) is 17.5. The average molecular weight is 411 g/mol. The van der Waals surface area contributed by atoms with Crippen LogP contribution >= 0.6 is 35.0 Å². The van der Waals surface area contributed by atoms with Crippen LogP contribution in [-0.4, -0.2) is 36.5 Å². The molecule has 1 saturated heterocycles. The number of carbonyl (C=O) groups is 1. The number of likely N-dealkylation sites (tertiary alicyclic amines) is 1. The summed E-state index contributed by atoms with van der Waals surface area (Å²) in [6.07, 6.45) is 3.22. The molecule has 1 aromatic carbocycles. The van der Waals surface area contributed by atoms with Crippen molar-refractivity contribution in [2.45, 2.75) is 25.3 Å². The summed E-state index contributed by atoms with van der Waals surface area (Å²) >= 11 is 2.24. The maximum Gasteiger partial charge on any atom is 0.260 e. The van der Waals surface area contributed by atoms with Crippen LogP contribution in [0.15, 0.2) is 24.3 Å². The summed E-state index contributed by atoms with van der Waals surface area (Å²) in [6.45, 7) is 1.43. The second-order valence-corrected chi connectivity index (χ2v) is 5.96. The monoisotopic (exact) mass is 410 g/mol. The van der Waals surface area contributed by atoms with E-state index in [2.05, 4.69) is 22.6 Å². The first-order chi connectivity index (χ1) is 9.20. The van der Waals surface area contributed by atoms with Crippen molar-refractivity contribution in [2.24, 2.45) is 5.73 Å². The fourth-order valence-electron chi connectivity index (χ4n) is 2.33. The van der Waals surface area contributed by atoms with E-state index in [4.69, 9.17) is 10.5 Å². The molecule has 1 fully saturated rings. The number of carbonyl (C=O) groups excluding carboxylic acids is 1. The number of rotatable bonds is 4. The first-order valence-corrected chi connectivity index (χ1v) is 7.66. The highest BCUT2D eigenvalue weighted by atomic mass is 127. The second-order valence-electron chi connectivity index (χ2n) is 4.72. The van der Waals surface area contributed by atoms with Gasteiger partial charge in [0.2, 0.25) is 0 Å². The molecule has 0 saturated carbocycles. The standard InChI is InChI=1S/C14H19IN2O2.ClH/c15-11-4-6-13(7-5-11)19-10-14(18)17-8-2-1-3-12(17)9-16;/h4-7,12H,1-3,8-10,16H2;1H. The van der Waals surface area contributed by atoms with E-state index in [0.717, 1.165) is 35.1 Å². The number of nitrogens with two attached hydrogens (primary N) is 1.